The summed E-state index contributed by atoms with van der Waals surface area (Å²) in [5, 5.41) is 3.35. The molecule has 2 nitrogen and oxygen atoms in total. The molecule has 2 rings (SSSR count). The van der Waals surface area contributed by atoms with Gasteiger partial charge in [-0.2, -0.15) is 0 Å². The van der Waals surface area contributed by atoms with Crippen LogP contribution in [0, 0.1) is 6.92 Å². The van der Waals surface area contributed by atoms with E-state index in [0.29, 0.717) is 12.1 Å². The summed E-state index contributed by atoms with van der Waals surface area (Å²) in [6.07, 6.45) is 2.43. The summed E-state index contributed by atoms with van der Waals surface area (Å²) in [7, 11) is 2.05. The van der Waals surface area contributed by atoms with E-state index in [4.69, 9.17) is 0 Å². The van der Waals surface area contributed by atoms with Gasteiger partial charge in [0.05, 0.1) is 0 Å². The molecule has 0 aliphatic carbocycles. The number of nitrogens with zero attached hydrogens (tertiary/aromatic N) is 1. The van der Waals surface area contributed by atoms with E-state index in [0.717, 1.165) is 6.54 Å². The van der Waals surface area contributed by atoms with Crippen LogP contribution < -0.4 is 10.2 Å². The summed E-state index contributed by atoms with van der Waals surface area (Å²) in [6.45, 7) is 7.87. The van der Waals surface area contributed by atoms with Crippen molar-refractivity contribution in [2.45, 2.75) is 45.7 Å². The van der Waals surface area contributed by atoms with Crippen LogP contribution in [0.2, 0.25) is 0 Å². The molecule has 2 heteroatoms. The van der Waals surface area contributed by atoms with Gasteiger partial charge in [0.2, 0.25) is 0 Å². The standard InChI is InChI=1S/C15H24N2/c1-5-17-13(9-12(3)16-4)10-14-11(2)7-6-8-15(14)17/h6-8,12-13,16H,5,9-10H2,1-4H3. The van der Waals surface area contributed by atoms with Crippen LogP contribution in [0.4, 0.5) is 5.69 Å². The quantitative estimate of drug-likeness (QED) is 0.858. The smallest absolute Gasteiger partial charge is 0.0404 e. The summed E-state index contributed by atoms with van der Waals surface area (Å²) >= 11 is 0. The SMILES string of the molecule is CCN1c2cccc(C)c2CC1CC(C)NC. The molecule has 1 N–H and O–H groups in total. The van der Waals surface area contributed by atoms with Crippen molar-refractivity contribution in [1.29, 1.82) is 0 Å². The van der Waals surface area contributed by atoms with Crippen LogP contribution >= 0.6 is 0 Å². The predicted molar refractivity (Wildman–Crippen MR) is 74.8 cm³/mol. The number of likely N-dealkylation sites (N-methyl/N-ethyl adjacent to an activating group) is 1. The van der Waals surface area contributed by atoms with Gasteiger partial charge in [-0.3, -0.25) is 0 Å². The van der Waals surface area contributed by atoms with E-state index in [1.165, 1.54) is 24.1 Å². The zero-order chi connectivity index (χ0) is 12.4. The second-order valence-electron chi connectivity index (χ2n) is 5.14. The first-order valence-electron chi connectivity index (χ1n) is 6.69. The van der Waals surface area contributed by atoms with Crippen molar-refractivity contribution >= 4 is 5.69 Å². The predicted octanol–water partition coefficient (Wildman–Crippen LogP) is 2.74. The second-order valence-corrected chi connectivity index (χ2v) is 5.14. The highest BCUT2D eigenvalue weighted by atomic mass is 15.2. The average molecular weight is 232 g/mol. The fraction of sp³-hybridized carbons (Fsp3) is 0.600. The molecule has 0 aromatic heterocycles. The lowest BCUT2D eigenvalue weighted by Gasteiger charge is -2.28. The third-order valence-corrected chi connectivity index (χ3v) is 4.03. The van der Waals surface area contributed by atoms with Gasteiger partial charge in [-0.15, -0.1) is 0 Å². The van der Waals surface area contributed by atoms with Crippen LogP contribution in [0.3, 0.4) is 0 Å². The molecule has 0 radical (unpaired) electrons. The molecule has 0 saturated heterocycles. The third kappa shape index (κ3) is 2.32. The first-order valence-corrected chi connectivity index (χ1v) is 6.69. The van der Waals surface area contributed by atoms with Crippen LogP contribution in [0.5, 0.6) is 0 Å². The van der Waals surface area contributed by atoms with Crippen LogP contribution in [0.25, 0.3) is 0 Å². The highest BCUT2D eigenvalue weighted by Gasteiger charge is 2.29. The van der Waals surface area contributed by atoms with E-state index in [-0.39, 0.29) is 0 Å². The van der Waals surface area contributed by atoms with Crippen molar-refractivity contribution in [3.63, 3.8) is 0 Å². The Bertz CT molecular complexity index is 387. The molecule has 0 saturated carbocycles. The largest absolute Gasteiger partial charge is 0.368 e. The molecule has 0 spiro atoms. The molecule has 94 valence electrons. The maximum Gasteiger partial charge on any atom is 0.0404 e. The van der Waals surface area contributed by atoms with Crippen molar-refractivity contribution in [1.82, 2.24) is 5.32 Å². The molecule has 2 unspecified atom stereocenters. The molecular weight excluding hydrogens is 208 g/mol. The number of anilines is 1. The normalized spacial score (nSPS) is 20.5. The number of hydrogen-bond donors (Lipinski definition) is 1. The molecule has 1 heterocycles. The zero-order valence-corrected chi connectivity index (χ0v) is 11.5. The summed E-state index contributed by atoms with van der Waals surface area (Å²) in [5.74, 6) is 0. The lowest BCUT2D eigenvalue weighted by atomic mass is 10.0. The minimum Gasteiger partial charge on any atom is -0.368 e. The summed E-state index contributed by atoms with van der Waals surface area (Å²) in [6, 6.07) is 7.94. The number of hydrogen-bond acceptors (Lipinski definition) is 2. The number of benzene rings is 1. The topological polar surface area (TPSA) is 15.3 Å². The van der Waals surface area contributed by atoms with Crippen molar-refractivity contribution in [3.8, 4) is 0 Å². The maximum atomic E-state index is 3.35. The van der Waals surface area contributed by atoms with Gasteiger partial charge in [0.25, 0.3) is 0 Å². The van der Waals surface area contributed by atoms with E-state index in [9.17, 15) is 0 Å². The second kappa shape index (κ2) is 5.09. The molecule has 17 heavy (non-hydrogen) atoms. The van der Waals surface area contributed by atoms with E-state index >= 15 is 0 Å². The highest BCUT2D eigenvalue weighted by Crippen LogP contribution is 2.35. The van der Waals surface area contributed by atoms with Crippen molar-refractivity contribution in [2.75, 3.05) is 18.5 Å². The van der Waals surface area contributed by atoms with Gasteiger partial charge in [-0.05, 0) is 57.9 Å². The Morgan fingerprint density at radius 2 is 2.24 bits per heavy atom. The van der Waals surface area contributed by atoms with Crippen molar-refractivity contribution in [2.24, 2.45) is 0 Å². The Balaban J connectivity index is 2.22. The Labute approximate surface area is 105 Å². The monoisotopic (exact) mass is 232 g/mol. The minimum atomic E-state index is 0.587. The van der Waals surface area contributed by atoms with E-state index in [1.807, 2.05) is 7.05 Å². The molecule has 1 aromatic carbocycles. The number of nitrogens with one attached hydrogen (secondary N) is 1. The van der Waals surface area contributed by atoms with Crippen LogP contribution in [-0.4, -0.2) is 25.7 Å². The third-order valence-electron chi connectivity index (χ3n) is 4.03. The molecule has 1 aromatic rings. The summed E-state index contributed by atoms with van der Waals surface area (Å²) < 4.78 is 0. The zero-order valence-electron chi connectivity index (χ0n) is 11.5. The van der Waals surface area contributed by atoms with Gasteiger partial charge in [-0.25, -0.2) is 0 Å². The van der Waals surface area contributed by atoms with E-state index < -0.39 is 0 Å². The fourth-order valence-electron chi connectivity index (χ4n) is 2.93. The Hall–Kier alpha value is -1.02. The minimum absolute atomic E-state index is 0.587. The molecule has 1 aliphatic rings. The van der Waals surface area contributed by atoms with Gasteiger partial charge in [0, 0.05) is 24.3 Å². The molecule has 2 atom stereocenters. The van der Waals surface area contributed by atoms with Crippen LogP contribution in [0.1, 0.15) is 31.4 Å². The van der Waals surface area contributed by atoms with E-state index in [2.05, 4.69) is 49.2 Å². The Morgan fingerprint density at radius 3 is 2.88 bits per heavy atom. The maximum absolute atomic E-state index is 3.35. The fourth-order valence-corrected chi connectivity index (χ4v) is 2.93. The summed E-state index contributed by atoms with van der Waals surface area (Å²) in [5.41, 5.74) is 4.46. The Morgan fingerprint density at radius 1 is 1.47 bits per heavy atom. The first kappa shape index (κ1) is 12.4. The van der Waals surface area contributed by atoms with Gasteiger partial charge in [0.1, 0.15) is 0 Å². The van der Waals surface area contributed by atoms with Gasteiger partial charge in [-0.1, -0.05) is 12.1 Å². The molecular formula is C15H24N2. The Kier molecular flexibility index (Phi) is 3.72. The first-order chi connectivity index (χ1) is 8.17. The van der Waals surface area contributed by atoms with E-state index in [1.54, 1.807) is 5.56 Å². The average Bonchev–Trinajstić information content (AvgIpc) is 2.68. The molecule has 1 aliphatic heterocycles. The number of aryl methyl sites for hydroxylation is 1. The van der Waals surface area contributed by atoms with Crippen LogP contribution in [0.15, 0.2) is 18.2 Å². The van der Waals surface area contributed by atoms with Gasteiger partial charge < -0.3 is 10.2 Å². The number of rotatable bonds is 4. The van der Waals surface area contributed by atoms with Crippen molar-refractivity contribution < 1.29 is 0 Å². The number of fused-ring (bicyclic) bond motifs is 1. The highest BCUT2D eigenvalue weighted by molar-refractivity contribution is 5.62. The molecule has 0 fully saturated rings. The molecule has 0 amide bonds. The summed E-state index contributed by atoms with van der Waals surface area (Å²) in [4.78, 5) is 2.57. The van der Waals surface area contributed by atoms with Crippen molar-refractivity contribution in [3.05, 3.63) is 29.3 Å². The van der Waals surface area contributed by atoms with Gasteiger partial charge in [0.15, 0.2) is 0 Å². The lowest BCUT2D eigenvalue weighted by molar-refractivity contribution is 0.481. The van der Waals surface area contributed by atoms with Crippen LogP contribution in [-0.2, 0) is 6.42 Å². The lowest BCUT2D eigenvalue weighted by Crippen LogP contribution is -2.37. The van der Waals surface area contributed by atoms with Gasteiger partial charge >= 0.3 is 0 Å². The molecule has 0 bridgehead atoms.